The van der Waals surface area contributed by atoms with Crippen LogP contribution in [-0.2, 0) is 0 Å². The molecule has 0 amide bonds. The van der Waals surface area contributed by atoms with E-state index in [1.54, 1.807) is 6.07 Å². The van der Waals surface area contributed by atoms with Crippen molar-refractivity contribution >= 4 is 12.0 Å². The number of carbonyl (C=O) groups is 1. The van der Waals surface area contributed by atoms with E-state index < -0.39 is 0 Å². The van der Waals surface area contributed by atoms with Crippen LogP contribution in [0.3, 0.4) is 0 Å². The maximum Gasteiger partial charge on any atom is 0.150 e. The molecule has 0 aliphatic carbocycles. The summed E-state index contributed by atoms with van der Waals surface area (Å²) >= 11 is 0. The van der Waals surface area contributed by atoms with Gasteiger partial charge in [0, 0.05) is 23.8 Å². The molecule has 0 N–H and O–H groups in total. The van der Waals surface area contributed by atoms with Gasteiger partial charge in [-0.05, 0) is 43.9 Å². The van der Waals surface area contributed by atoms with Gasteiger partial charge in [0.05, 0.1) is 0 Å². The maximum atomic E-state index is 13.4. The Hall–Kier alpha value is -1.38. The second kappa shape index (κ2) is 5.30. The Morgan fingerprint density at radius 2 is 2.24 bits per heavy atom. The van der Waals surface area contributed by atoms with Crippen molar-refractivity contribution in [2.45, 2.75) is 38.6 Å². The zero-order valence-electron chi connectivity index (χ0n) is 10.2. The summed E-state index contributed by atoms with van der Waals surface area (Å²) in [7, 11) is 0. The van der Waals surface area contributed by atoms with Gasteiger partial charge in [0.25, 0.3) is 0 Å². The number of benzene rings is 1. The summed E-state index contributed by atoms with van der Waals surface area (Å²) in [5, 5.41) is 0. The number of hydrogen-bond acceptors (Lipinski definition) is 2. The van der Waals surface area contributed by atoms with E-state index in [0.717, 1.165) is 31.5 Å². The summed E-state index contributed by atoms with van der Waals surface area (Å²) < 4.78 is 13.4. The van der Waals surface area contributed by atoms with Crippen LogP contribution >= 0.6 is 0 Å². The van der Waals surface area contributed by atoms with Crippen molar-refractivity contribution in [2.24, 2.45) is 0 Å². The van der Waals surface area contributed by atoms with Gasteiger partial charge in [-0.2, -0.15) is 0 Å². The third kappa shape index (κ3) is 2.65. The average molecular weight is 235 g/mol. The lowest BCUT2D eigenvalue weighted by molar-refractivity contribution is 0.112. The van der Waals surface area contributed by atoms with E-state index in [4.69, 9.17) is 0 Å². The third-order valence-electron chi connectivity index (χ3n) is 3.47. The van der Waals surface area contributed by atoms with Crippen LogP contribution in [0.4, 0.5) is 10.1 Å². The number of nitrogens with zero attached hydrogens (tertiary/aromatic N) is 1. The van der Waals surface area contributed by atoms with E-state index in [9.17, 15) is 9.18 Å². The normalized spacial score (nSPS) is 20.4. The molecule has 1 aliphatic heterocycles. The predicted molar refractivity (Wildman–Crippen MR) is 67.1 cm³/mol. The molecular weight excluding hydrogens is 217 g/mol. The first-order chi connectivity index (χ1) is 8.24. The molecule has 1 unspecified atom stereocenters. The van der Waals surface area contributed by atoms with Crippen LogP contribution in [0.5, 0.6) is 0 Å². The molecule has 1 aliphatic rings. The lowest BCUT2D eigenvalue weighted by Gasteiger charge is -2.37. The van der Waals surface area contributed by atoms with E-state index >= 15 is 0 Å². The Morgan fingerprint density at radius 1 is 1.41 bits per heavy atom. The van der Waals surface area contributed by atoms with Gasteiger partial charge in [-0.15, -0.1) is 0 Å². The van der Waals surface area contributed by atoms with E-state index in [0.29, 0.717) is 17.9 Å². The Morgan fingerprint density at radius 3 is 2.94 bits per heavy atom. The van der Waals surface area contributed by atoms with Crippen molar-refractivity contribution in [1.82, 2.24) is 0 Å². The number of anilines is 1. The second-order valence-corrected chi connectivity index (χ2v) is 4.61. The molecule has 17 heavy (non-hydrogen) atoms. The van der Waals surface area contributed by atoms with E-state index in [1.807, 2.05) is 0 Å². The van der Waals surface area contributed by atoms with Crippen molar-refractivity contribution < 1.29 is 9.18 Å². The van der Waals surface area contributed by atoms with Gasteiger partial charge < -0.3 is 4.90 Å². The first kappa shape index (κ1) is 12.1. The van der Waals surface area contributed by atoms with Gasteiger partial charge in [0.1, 0.15) is 12.1 Å². The fourth-order valence-electron chi connectivity index (χ4n) is 2.60. The summed E-state index contributed by atoms with van der Waals surface area (Å²) in [5.41, 5.74) is 1.26. The average Bonchev–Trinajstić information content (AvgIpc) is 2.37. The molecule has 1 fully saturated rings. The molecule has 0 saturated carbocycles. The van der Waals surface area contributed by atoms with Crippen LogP contribution in [0.1, 0.15) is 43.0 Å². The zero-order chi connectivity index (χ0) is 12.3. The fourth-order valence-corrected chi connectivity index (χ4v) is 2.60. The molecule has 3 heteroatoms. The van der Waals surface area contributed by atoms with Gasteiger partial charge in [-0.1, -0.05) is 6.92 Å². The quantitative estimate of drug-likeness (QED) is 0.748. The minimum Gasteiger partial charge on any atom is -0.368 e. The highest BCUT2D eigenvalue weighted by Crippen LogP contribution is 2.27. The molecule has 1 atom stereocenters. The van der Waals surface area contributed by atoms with Crippen molar-refractivity contribution in [3.63, 3.8) is 0 Å². The Bertz CT molecular complexity index is 405. The molecule has 92 valence electrons. The van der Waals surface area contributed by atoms with E-state index in [1.165, 1.54) is 18.6 Å². The van der Waals surface area contributed by atoms with E-state index in [2.05, 4.69) is 11.8 Å². The van der Waals surface area contributed by atoms with Gasteiger partial charge >= 0.3 is 0 Å². The van der Waals surface area contributed by atoms with Gasteiger partial charge in [-0.3, -0.25) is 4.79 Å². The number of carbonyl (C=O) groups excluding carboxylic acids is 1. The largest absolute Gasteiger partial charge is 0.368 e. The summed E-state index contributed by atoms with van der Waals surface area (Å²) in [6.45, 7) is 3.11. The molecule has 1 saturated heterocycles. The molecule has 0 aromatic heterocycles. The lowest BCUT2D eigenvalue weighted by Crippen LogP contribution is -2.39. The van der Waals surface area contributed by atoms with Crippen LogP contribution in [0.2, 0.25) is 0 Å². The molecule has 0 radical (unpaired) electrons. The Balaban J connectivity index is 2.30. The van der Waals surface area contributed by atoms with Gasteiger partial charge in [-0.25, -0.2) is 4.39 Å². The van der Waals surface area contributed by atoms with Crippen molar-refractivity contribution in [1.29, 1.82) is 0 Å². The number of halogens is 1. The van der Waals surface area contributed by atoms with Crippen LogP contribution in [-0.4, -0.2) is 18.9 Å². The predicted octanol–water partition coefficient (Wildman–Crippen LogP) is 3.41. The fraction of sp³-hybridized carbons (Fsp3) is 0.500. The number of aldehydes is 1. The monoisotopic (exact) mass is 235 g/mol. The highest BCUT2D eigenvalue weighted by Gasteiger charge is 2.21. The molecule has 2 rings (SSSR count). The van der Waals surface area contributed by atoms with Gasteiger partial charge in [0.15, 0.2) is 0 Å². The standard InChI is InChI=1S/C14H18FNO/c1-2-13-5-3-4-6-16(13)14-8-11(10-17)7-12(15)9-14/h7-10,13H,2-6H2,1H3. The smallest absolute Gasteiger partial charge is 0.150 e. The highest BCUT2D eigenvalue weighted by atomic mass is 19.1. The Kier molecular flexibility index (Phi) is 3.77. The molecule has 2 nitrogen and oxygen atoms in total. The number of hydrogen-bond donors (Lipinski definition) is 0. The van der Waals surface area contributed by atoms with Crippen LogP contribution in [0, 0.1) is 5.82 Å². The molecule has 1 heterocycles. The first-order valence-corrected chi connectivity index (χ1v) is 6.27. The second-order valence-electron chi connectivity index (χ2n) is 4.61. The maximum absolute atomic E-state index is 13.4. The SMILES string of the molecule is CCC1CCCCN1c1cc(F)cc(C=O)c1. The van der Waals surface area contributed by atoms with Crippen molar-refractivity contribution in [3.05, 3.63) is 29.6 Å². The van der Waals surface area contributed by atoms with Crippen molar-refractivity contribution in [2.75, 3.05) is 11.4 Å². The Labute approximate surface area is 101 Å². The lowest BCUT2D eigenvalue weighted by atomic mass is 9.99. The summed E-state index contributed by atoms with van der Waals surface area (Å²) in [5.74, 6) is -0.329. The minimum absolute atomic E-state index is 0.329. The molecule has 1 aromatic carbocycles. The third-order valence-corrected chi connectivity index (χ3v) is 3.47. The van der Waals surface area contributed by atoms with Crippen molar-refractivity contribution in [3.8, 4) is 0 Å². The summed E-state index contributed by atoms with van der Waals surface area (Å²) in [6.07, 6.45) is 5.31. The molecule has 0 bridgehead atoms. The first-order valence-electron chi connectivity index (χ1n) is 6.27. The molecule has 1 aromatic rings. The number of rotatable bonds is 3. The van der Waals surface area contributed by atoms with Crippen LogP contribution < -0.4 is 4.90 Å². The van der Waals surface area contributed by atoms with E-state index in [-0.39, 0.29) is 5.82 Å². The number of piperidine rings is 1. The van der Waals surface area contributed by atoms with Crippen LogP contribution in [0.25, 0.3) is 0 Å². The highest BCUT2D eigenvalue weighted by molar-refractivity contribution is 5.77. The molecule has 0 spiro atoms. The summed E-state index contributed by atoms with van der Waals surface area (Å²) in [4.78, 5) is 13.0. The summed E-state index contributed by atoms with van der Waals surface area (Å²) in [6, 6.07) is 5.07. The van der Waals surface area contributed by atoms with Gasteiger partial charge in [0.2, 0.25) is 0 Å². The zero-order valence-corrected chi connectivity index (χ0v) is 10.2. The topological polar surface area (TPSA) is 20.3 Å². The van der Waals surface area contributed by atoms with Crippen LogP contribution in [0.15, 0.2) is 18.2 Å². The minimum atomic E-state index is -0.329. The molecular formula is C14H18FNO.